The van der Waals surface area contributed by atoms with Gasteiger partial charge in [0.25, 0.3) is 0 Å². The summed E-state index contributed by atoms with van der Waals surface area (Å²) in [5.41, 5.74) is 9.02. The molecule has 0 saturated carbocycles. The lowest BCUT2D eigenvalue weighted by Crippen LogP contribution is -2.35. The number of anilines is 1. The minimum atomic E-state index is -3.60. The predicted molar refractivity (Wildman–Crippen MR) is 116 cm³/mol. The highest BCUT2D eigenvalue weighted by atomic mass is 35.5. The second kappa shape index (κ2) is 7.57. The molecule has 0 amide bonds. The van der Waals surface area contributed by atoms with E-state index in [-0.39, 0.29) is 17.2 Å². The molecule has 1 aliphatic heterocycles. The summed E-state index contributed by atoms with van der Waals surface area (Å²) in [4.78, 5) is 14.1. The Hall–Kier alpha value is -2.19. The Morgan fingerprint density at radius 2 is 1.76 bits per heavy atom. The molecule has 5 nitrogen and oxygen atoms in total. The van der Waals surface area contributed by atoms with E-state index >= 15 is 0 Å². The number of nitrogen functional groups attached to an aromatic ring is 1. The number of carbonyl (C=O) groups is 1. The number of hydrogen-bond donors (Lipinski definition) is 1. The molecule has 0 bridgehead atoms. The molecule has 8 heteroatoms. The highest BCUT2D eigenvalue weighted by Gasteiger charge is 2.33. The van der Waals surface area contributed by atoms with E-state index in [1.165, 1.54) is 15.6 Å². The molecule has 0 atom stereocenters. The molecule has 1 aromatic heterocycles. The van der Waals surface area contributed by atoms with Gasteiger partial charge in [0.2, 0.25) is 10.0 Å². The van der Waals surface area contributed by atoms with Gasteiger partial charge in [0.05, 0.1) is 15.5 Å². The van der Waals surface area contributed by atoms with Gasteiger partial charge >= 0.3 is 0 Å². The fraction of sp³-hybridized carbons (Fsp3) is 0.190. The van der Waals surface area contributed by atoms with Gasteiger partial charge in [-0.3, -0.25) is 4.79 Å². The first kappa shape index (κ1) is 20.1. The lowest BCUT2D eigenvalue weighted by molar-refractivity contribution is 0.103. The number of thiophene rings is 1. The van der Waals surface area contributed by atoms with E-state index in [0.717, 1.165) is 16.0 Å². The van der Waals surface area contributed by atoms with Gasteiger partial charge in [0, 0.05) is 28.6 Å². The number of fused-ring (bicyclic) bond motifs is 1. The molecule has 29 heavy (non-hydrogen) atoms. The van der Waals surface area contributed by atoms with E-state index in [2.05, 4.69) is 0 Å². The smallest absolute Gasteiger partial charge is 0.243 e. The second-order valence-corrected chi connectivity index (χ2v) is 10.5. The molecule has 0 saturated heterocycles. The van der Waals surface area contributed by atoms with Gasteiger partial charge in [-0.2, -0.15) is 4.31 Å². The monoisotopic (exact) mass is 446 g/mol. The minimum Gasteiger partial charge on any atom is -0.390 e. The average Bonchev–Trinajstić information content (AvgIpc) is 3.03. The molecule has 3 aromatic rings. The molecular formula is C21H19ClN2O3S2. The quantitative estimate of drug-likeness (QED) is 0.607. The first-order valence-electron chi connectivity index (χ1n) is 9.04. The van der Waals surface area contributed by atoms with Crippen LogP contribution in [0.1, 0.15) is 31.9 Å². The van der Waals surface area contributed by atoms with E-state index < -0.39 is 10.0 Å². The number of nitrogens with two attached hydrogens (primary N) is 1. The number of carbonyl (C=O) groups excluding carboxylic acids is 1. The van der Waals surface area contributed by atoms with Gasteiger partial charge < -0.3 is 5.73 Å². The summed E-state index contributed by atoms with van der Waals surface area (Å²) in [6.45, 7) is 2.44. The van der Waals surface area contributed by atoms with Gasteiger partial charge in [0.15, 0.2) is 5.78 Å². The third-order valence-electron chi connectivity index (χ3n) is 5.04. The molecule has 1 aliphatic rings. The maximum absolute atomic E-state index is 13.0. The SMILES string of the molecule is Cc1ccc(S(=O)(=O)N2CCc3c(sc(N)c3C(=O)c3ccc(Cl)cc3)C2)cc1. The molecule has 0 unspecified atom stereocenters. The summed E-state index contributed by atoms with van der Waals surface area (Å²) in [6, 6.07) is 13.5. The van der Waals surface area contributed by atoms with Crippen molar-refractivity contribution in [3.8, 4) is 0 Å². The zero-order valence-electron chi connectivity index (χ0n) is 15.7. The fourth-order valence-corrected chi connectivity index (χ4v) is 6.21. The van der Waals surface area contributed by atoms with Crippen LogP contribution in [0.15, 0.2) is 53.4 Å². The molecule has 2 aromatic carbocycles. The van der Waals surface area contributed by atoms with E-state index in [0.29, 0.717) is 34.1 Å². The number of sulfonamides is 1. The normalized spacial score (nSPS) is 14.6. The van der Waals surface area contributed by atoms with Gasteiger partial charge in [0.1, 0.15) is 0 Å². The van der Waals surface area contributed by atoms with Crippen molar-refractivity contribution in [3.63, 3.8) is 0 Å². The number of benzene rings is 2. The number of rotatable bonds is 4. The number of hydrogen-bond acceptors (Lipinski definition) is 5. The summed E-state index contributed by atoms with van der Waals surface area (Å²) in [5, 5.41) is 0.975. The van der Waals surface area contributed by atoms with Crippen LogP contribution in [0.3, 0.4) is 0 Å². The summed E-state index contributed by atoms with van der Waals surface area (Å²) in [5.74, 6) is -0.161. The Morgan fingerprint density at radius 1 is 1.10 bits per heavy atom. The maximum Gasteiger partial charge on any atom is 0.243 e. The van der Waals surface area contributed by atoms with Crippen LogP contribution >= 0.6 is 22.9 Å². The third kappa shape index (κ3) is 3.71. The van der Waals surface area contributed by atoms with E-state index in [1.54, 1.807) is 48.5 Å². The average molecular weight is 447 g/mol. The largest absolute Gasteiger partial charge is 0.390 e. The van der Waals surface area contributed by atoms with Crippen molar-refractivity contribution in [3.05, 3.63) is 80.7 Å². The van der Waals surface area contributed by atoms with Crippen molar-refractivity contribution in [2.45, 2.75) is 24.8 Å². The number of halogens is 1. The lowest BCUT2D eigenvalue weighted by Gasteiger charge is -2.26. The lowest BCUT2D eigenvalue weighted by atomic mass is 9.97. The Kier molecular flexibility index (Phi) is 5.25. The molecule has 150 valence electrons. The van der Waals surface area contributed by atoms with Crippen LogP contribution in [0, 0.1) is 6.92 Å². The van der Waals surface area contributed by atoms with E-state index in [9.17, 15) is 13.2 Å². The fourth-order valence-electron chi connectivity index (χ4n) is 3.46. The van der Waals surface area contributed by atoms with Crippen molar-refractivity contribution in [1.29, 1.82) is 0 Å². The van der Waals surface area contributed by atoms with Crippen LogP contribution in [-0.2, 0) is 23.0 Å². The van der Waals surface area contributed by atoms with Gasteiger partial charge in [-0.1, -0.05) is 29.3 Å². The summed E-state index contributed by atoms with van der Waals surface area (Å²) >= 11 is 7.19. The van der Waals surface area contributed by atoms with Crippen LogP contribution in [-0.4, -0.2) is 25.1 Å². The first-order valence-corrected chi connectivity index (χ1v) is 11.7. The highest BCUT2D eigenvalue weighted by Crippen LogP contribution is 2.38. The van der Waals surface area contributed by atoms with Crippen LogP contribution < -0.4 is 5.73 Å². The van der Waals surface area contributed by atoms with Crippen molar-refractivity contribution >= 4 is 43.7 Å². The number of nitrogens with zero attached hydrogens (tertiary/aromatic N) is 1. The van der Waals surface area contributed by atoms with Gasteiger partial charge in [-0.15, -0.1) is 11.3 Å². The highest BCUT2D eigenvalue weighted by molar-refractivity contribution is 7.89. The Labute approximate surface area is 178 Å². The Bertz CT molecular complexity index is 1180. The second-order valence-electron chi connectivity index (χ2n) is 6.98. The van der Waals surface area contributed by atoms with Crippen molar-refractivity contribution in [2.24, 2.45) is 0 Å². The molecule has 4 rings (SSSR count). The van der Waals surface area contributed by atoms with Crippen molar-refractivity contribution < 1.29 is 13.2 Å². The predicted octanol–water partition coefficient (Wildman–Crippen LogP) is 4.27. The van der Waals surface area contributed by atoms with Crippen LogP contribution in [0.2, 0.25) is 5.02 Å². The molecule has 0 aliphatic carbocycles. The molecule has 0 spiro atoms. The zero-order valence-corrected chi connectivity index (χ0v) is 18.1. The van der Waals surface area contributed by atoms with Crippen LogP contribution in [0.5, 0.6) is 0 Å². The van der Waals surface area contributed by atoms with E-state index in [1.807, 2.05) is 6.92 Å². The van der Waals surface area contributed by atoms with Crippen LogP contribution in [0.4, 0.5) is 5.00 Å². The summed E-state index contributed by atoms with van der Waals surface area (Å²) in [7, 11) is -3.60. The summed E-state index contributed by atoms with van der Waals surface area (Å²) in [6.07, 6.45) is 0.447. The zero-order chi connectivity index (χ0) is 20.8. The molecule has 0 radical (unpaired) electrons. The third-order valence-corrected chi connectivity index (χ3v) is 8.20. The van der Waals surface area contributed by atoms with Crippen molar-refractivity contribution in [1.82, 2.24) is 4.31 Å². The van der Waals surface area contributed by atoms with Crippen molar-refractivity contribution in [2.75, 3.05) is 12.3 Å². The topological polar surface area (TPSA) is 80.5 Å². The first-order chi connectivity index (χ1) is 13.8. The Balaban J connectivity index is 1.65. The molecular weight excluding hydrogens is 428 g/mol. The molecule has 2 N–H and O–H groups in total. The van der Waals surface area contributed by atoms with Gasteiger partial charge in [-0.05, 0) is 55.3 Å². The Morgan fingerprint density at radius 3 is 2.41 bits per heavy atom. The van der Waals surface area contributed by atoms with Crippen LogP contribution in [0.25, 0.3) is 0 Å². The molecule has 0 fully saturated rings. The number of ketones is 1. The molecule has 2 heterocycles. The minimum absolute atomic E-state index is 0.161. The van der Waals surface area contributed by atoms with Gasteiger partial charge in [-0.25, -0.2) is 8.42 Å². The van der Waals surface area contributed by atoms with E-state index in [4.69, 9.17) is 17.3 Å². The number of aryl methyl sites for hydroxylation is 1. The summed E-state index contributed by atoms with van der Waals surface area (Å²) < 4.78 is 27.5. The standard InChI is InChI=1S/C21H19ClN2O3S2/c1-13-2-8-16(9-3-13)29(26,27)24-11-10-17-18(12-24)28-21(23)19(17)20(25)14-4-6-15(22)7-5-14/h2-9H,10-12,23H2,1H3. The maximum atomic E-state index is 13.0.